The van der Waals surface area contributed by atoms with E-state index in [1.807, 2.05) is 67.6 Å². The largest absolute Gasteiger partial charge is 0.463 e. The fourth-order valence-corrected chi connectivity index (χ4v) is 6.11. The van der Waals surface area contributed by atoms with Crippen molar-refractivity contribution in [2.24, 2.45) is 0 Å². The molecule has 0 aliphatic carbocycles. The summed E-state index contributed by atoms with van der Waals surface area (Å²) in [6.07, 6.45) is 19.5. The van der Waals surface area contributed by atoms with E-state index in [2.05, 4.69) is 96.9 Å². The van der Waals surface area contributed by atoms with Gasteiger partial charge in [0.1, 0.15) is 0 Å². The first-order chi connectivity index (χ1) is 27.8. The van der Waals surface area contributed by atoms with Crippen molar-refractivity contribution in [2.45, 2.75) is 27.2 Å². The first-order valence-electron chi connectivity index (χ1n) is 19.0. The normalized spacial score (nSPS) is 12.8. The van der Waals surface area contributed by atoms with Crippen molar-refractivity contribution in [3.63, 3.8) is 0 Å². The van der Waals surface area contributed by atoms with Crippen LogP contribution in [0.4, 0.5) is 11.4 Å². The molecule has 0 amide bonds. The van der Waals surface area contributed by atoms with Crippen LogP contribution >= 0.6 is 11.6 Å². The Morgan fingerprint density at radius 1 is 0.684 bits per heavy atom. The summed E-state index contributed by atoms with van der Waals surface area (Å²) in [6, 6.07) is 37.6. The van der Waals surface area contributed by atoms with Gasteiger partial charge in [-0.05, 0) is 96.7 Å². The lowest BCUT2D eigenvalue weighted by atomic mass is 9.98. The number of allylic oxidation sites excluding steroid dienone is 12. The highest BCUT2D eigenvalue weighted by atomic mass is 35.5. The quantitative estimate of drug-likeness (QED) is 0.0539. The topological polar surface area (TPSA) is 55.8 Å². The molecule has 0 unspecified atom stereocenters. The maximum Gasteiger partial charge on any atom is 0.338 e. The SMILES string of the molecule is C=C/C=C(\C=C/CN(c1ccc(-c2ccccc2)cc1)c1ccc(-c2ccccc2)cc1)C\C(=C/C(/C=C(Cl)/C=C\C=C/C)=C(\C=C)C(=O)OCC)C(=O)OCC. The molecule has 0 bridgehead atoms. The van der Waals surface area contributed by atoms with E-state index >= 15 is 0 Å². The highest BCUT2D eigenvalue weighted by Gasteiger charge is 2.17. The van der Waals surface area contributed by atoms with Crippen molar-refractivity contribution >= 4 is 34.9 Å². The van der Waals surface area contributed by atoms with E-state index in [0.29, 0.717) is 22.7 Å². The number of halogens is 1. The summed E-state index contributed by atoms with van der Waals surface area (Å²) in [5.41, 5.74) is 8.21. The van der Waals surface area contributed by atoms with Crippen molar-refractivity contribution in [3.8, 4) is 22.3 Å². The van der Waals surface area contributed by atoms with Gasteiger partial charge in [0.2, 0.25) is 0 Å². The van der Waals surface area contributed by atoms with Gasteiger partial charge in [-0.2, -0.15) is 0 Å². The number of nitrogens with zero attached hydrogens (tertiary/aromatic N) is 1. The van der Waals surface area contributed by atoms with Gasteiger partial charge in [0.15, 0.2) is 0 Å². The third-order valence-corrected chi connectivity index (χ3v) is 8.88. The van der Waals surface area contributed by atoms with Gasteiger partial charge in [0, 0.05) is 34.9 Å². The fourth-order valence-electron chi connectivity index (χ4n) is 5.92. The number of ether oxygens (including phenoxy) is 2. The molecule has 4 aromatic rings. The number of hydrogen-bond acceptors (Lipinski definition) is 5. The number of carbonyl (C=O) groups excluding carboxylic acids is 2. The Kier molecular flexibility index (Phi) is 17.8. The molecule has 0 aliphatic rings. The number of anilines is 2. The molecule has 6 heteroatoms. The molecule has 0 N–H and O–H groups in total. The number of rotatable bonds is 19. The van der Waals surface area contributed by atoms with E-state index < -0.39 is 11.9 Å². The van der Waals surface area contributed by atoms with Crippen LogP contribution in [0.5, 0.6) is 0 Å². The summed E-state index contributed by atoms with van der Waals surface area (Å²) in [5.74, 6) is -1.12. The highest BCUT2D eigenvalue weighted by molar-refractivity contribution is 6.31. The van der Waals surface area contributed by atoms with Gasteiger partial charge in [-0.1, -0.05) is 158 Å². The number of benzene rings is 4. The first-order valence-corrected chi connectivity index (χ1v) is 19.3. The zero-order valence-corrected chi connectivity index (χ0v) is 33.7. The molecular formula is C51H50ClNO4. The van der Waals surface area contributed by atoms with Crippen LogP contribution in [0.25, 0.3) is 22.3 Å². The lowest BCUT2D eigenvalue weighted by molar-refractivity contribution is -0.139. The summed E-state index contributed by atoms with van der Waals surface area (Å²) < 4.78 is 10.8. The fraction of sp³-hybridized carbons (Fsp3) is 0.137. The van der Waals surface area contributed by atoms with Gasteiger partial charge in [-0.25, -0.2) is 9.59 Å². The Morgan fingerprint density at radius 3 is 1.70 bits per heavy atom. The second-order valence-electron chi connectivity index (χ2n) is 12.6. The predicted molar refractivity (Wildman–Crippen MR) is 239 cm³/mol. The molecule has 0 saturated carbocycles. The zero-order chi connectivity index (χ0) is 40.8. The smallest absolute Gasteiger partial charge is 0.338 e. The predicted octanol–water partition coefficient (Wildman–Crippen LogP) is 13.0. The van der Waals surface area contributed by atoms with E-state index in [9.17, 15) is 9.59 Å². The van der Waals surface area contributed by atoms with Crippen LogP contribution in [0.1, 0.15) is 27.2 Å². The van der Waals surface area contributed by atoms with Crippen LogP contribution in [-0.4, -0.2) is 31.7 Å². The van der Waals surface area contributed by atoms with E-state index in [0.717, 1.165) is 39.2 Å². The van der Waals surface area contributed by atoms with E-state index in [-0.39, 0.29) is 25.2 Å². The average Bonchev–Trinajstić information content (AvgIpc) is 3.23. The Bertz CT molecular complexity index is 2090. The molecule has 57 heavy (non-hydrogen) atoms. The van der Waals surface area contributed by atoms with Crippen molar-refractivity contribution in [1.29, 1.82) is 0 Å². The summed E-state index contributed by atoms with van der Waals surface area (Å²) in [5, 5.41) is 0.335. The van der Waals surface area contributed by atoms with Crippen LogP contribution in [0.3, 0.4) is 0 Å². The second-order valence-corrected chi connectivity index (χ2v) is 13.0. The molecule has 0 aliphatic heterocycles. The van der Waals surface area contributed by atoms with Gasteiger partial charge in [-0.15, -0.1) is 0 Å². The standard InChI is InChI=1S/C51H50ClNO4/c1-6-11-14-26-46(52)38-44(49(8-3)51(55)57-10-5)37-45(50(54)56-9-4)36-39(20-7-2)21-19-35-53(47-31-27-42(28-32-47)40-22-15-12-16-23-40)48-33-29-43(30-34-48)41-24-17-13-18-25-41/h6-8,11-34,37-38H,2-3,9-10,35-36H2,1,4-5H3/b11-6-,21-19-,26-14-,39-20+,45-37+,46-38-,49-44-. The van der Waals surface area contributed by atoms with E-state index in [1.54, 1.807) is 44.2 Å². The maximum atomic E-state index is 13.5. The molecule has 0 heterocycles. The Hall–Kier alpha value is -6.43. The summed E-state index contributed by atoms with van der Waals surface area (Å²) in [4.78, 5) is 28.8. The van der Waals surface area contributed by atoms with Crippen molar-refractivity contribution < 1.29 is 19.1 Å². The molecule has 0 spiro atoms. The molecule has 4 aromatic carbocycles. The van der Waals surface area contributed by atoms with Crippen LogP contribution in [-0.2, 0) is 19.1 Å². The lowest BCUT2D eigenvalue weighted by Crippen LogP contribution is -2.17. The Labute approximate surface area is 343 Å². The molecule has 0 aromatic heterocycles. The van der Waals surface area contributed by atoms with E-state index in [4.69, 9.17) is 21.1 Å². The third kappa shape index (κ3) is 13.4. The monoisotopic (exact) mass is 775 g/mol. The number of carbonyl (C=O) groups is 2. The lowest BCUT2D eigenvalue weighted by Gasteiger charge is -2.24. The Morgan fingerprint density at radius 2 is 1.21 bits per heavy atom. The maximum absolute atomic E-state index is 13.5. The molecule has 0 radical (unpaired) electrons. The minimum atomic E-state index is -0.587. The van der Waals surface area contributed by atoms with Gasteiger partial charge in [0.05, 0.1) is 18.8 Å². The summed E-state index contributed by atoms with van der Waals surface area (Å²) in [6.45, 7) is 14.0. The van der Waals surface area contributed by atoms with Crippen molar-refractivity contribution in [1.82, 2.24) is 0 Å². The highest BCUT2D eigenvalue weighted by Crippen LogP contribution is 2.31. The summed E-state index contributed by atoms with van der Waals surface area (Å²) >= 11 is 6.59. The molecule has 4 rings (SSSR count). The van der Waals surface area contributed by atoms with Gasteiger partial charge < -0.3 is 14.4 Å². The zero-order valence-electron chi connectivity index (χ0n) is 32.9. The van der Waals surface area contributed by atoms with E-state index in [1.165, 1.54) is 6.08 Å². The third-order valence-electron chi connectivity index (χ3n) is 8.65. The second kappa shape index (κ2) is 23.5. The van der Waals surface area contributed by atoms with Crippen molar-refractivity contribution in [3.05, 3.63) is 217 Å². The van der Waals surface area contributed by atoms with Gasteiger partial charge in [-0.3, -0.25) is 0 Å². The molecular weight excluding hydrogens is 726 g/mol. The van der Waals surface area contributed by atoms with Crippen LogP contribution < -0.4 is 4.90 Å². The van der Waals surface area contributed by atoms with Crippen LogP contribution in [0.2, 0.25) is 0 Å². The average molecular weight is 776 g/mol. The minimum Gasteiger partial charge on any atom is -0.463 e. The molecule has 0 atom stereocenters. The van der Waals surface area contributed by atoms with Crippen LogP contribution in [0.15, 0.2) is 217 Å². The van der Waals surface area contributed by atoms with Crippen molar-refractivity contribution in [2.75, 3.05) is 24.7 Å². The minimum absolute atomic E-state index is 0.160. The molecule has 290 valence electrons. The summed E-state index contributed by atoms with van der Waals surface area (Å²) in [7, 11) is 0. The van der Waals surface area contributed by atoms with Gasteiger partial charge in [0.25, 0.3) is 0 Å². The van der Waals surface area contributed by atoms with Crippen LogP contribution in [0, 0.1) is 0 Å². The first kappa shape index (κ1) is 43.3. The number of hydrogen-bond donors (Lipinski definition) is 0. The van der Waals surface area contributed by atoms with Gasteiger partial charge >= 0.3 is 11.9 Å². The molecule has 5 nitrogen and oxygen atoms in total. The number of esters is 2. The Balaban J connectivity index is 1.73. The molecule has 0 fully saturated rings. The molecule has 0 saturated heterocycles.